The van der Waals surface area contributed by atoms with Gasteiger partial charge in [-0.05, 0) is 30.7 Å². The van der Waals surface area contributed by atoms with Gasteiger partial charge in [-0.1, -0.05) is 6.07 Å². The van der Waals surface area contributed by atoms with Crippen LogP contribution in [0.5, 0.6) is 0 Å². The number of furan rings is 1. The fourth-order valence-electron chi connectivity index (χ4n) is 2.03. The van der Waals surface area contributed by atoms with Gasteiger partial charge < -0.3 is 15.1 Å². The highest BCUT2D eigenvalue weighted by molar-refractivity contribution is 5.47. The van der Waals surface area contributed by atoms with Crippen LogP contribution in [0.25, 0.3) is 0 Å². The Balaban J connectivity index is 1.64. The Morgan fingerprint density at radius 3 is 2.55 bits per heavy atom. The minimum Gasteiger partial charge on any atom is -0.467 e. The second-order valence-corrected chi connectivity index (χ2v) is 4.83. The van der Waals surface area contributed by atoms with Crippen molar-refractivity contribution in [3.05, 3.63) is 66.1 Å². The normalized spacial score (nSPS) is 10.4. The maximum absolute atomic E-state index is 5.29. The maximum Gasteiger partial charge on any atom is 0.132 e. The predicted molar refractivity (Wildman–Crippen MR) is 84.4 cm³/mol. The van der Waals surface area contributed by atoms with Gasteiger partial charge in [0.1, 0.15) is 23.2 Å². The van der Waals surface area contributed by atoms with E-state index in [1.54, 1.807) is 12.5 Å². The number of rotatable bonds is 6. The van der Waals surface area contributed by atoms with Gasteiger partial charge in [0.2, 0.25) is 0 Å². The van der Waals surface area contributed by atoms with Crippen molar-refractivity contribution in [3.8, 4) is 0 Å². The van der Waals surface area contributed by atoms with E-state index in [9.17, 15) is 0 Å². The minimum atomic E-state index is 0.589. The Bertz CT molecular complexity index is 713. The van der Waals surface area contributed by atoms with Crippen LogP contribution in [0.3, 0.4) is 0 Å². The first kappa shape index (κ1) is 14.1. The summed E-state index contributed by atoms with van der Waals surface area (Å²) in [6.45, 7) is 3.13. The van der Waals surface area contributed by atoms with Crippen LogP contribution in [0.4, 0.5) is 11.6 Å². The average molecular weight is 295 g/mol. The van der Waals surface area contributed by atoms with E-state index in [1.807, 2.05) is 43.5 Å². The van der Waals surface area contributed by atoms with E-state index >= 15 is 0 Å². The zero-order valence-corrected chi connectivity index (χ0v) is 12.3. The van der Waals surface area contributed by atoms with Gasteiger partial charge in [-0.25, -0.2) is 9.97 Å². The van der Waals surface area contributed by atoms with Crippen molar-refractivity contribution in [2.45, 2.75) is 20.0 Å². The minimum absolute atomic E-state index is 0.589. The molecule has 6 nitrogen and oxygen atoms in total. The number of hydrogen-bond acceptors (Lipinski definition) is 6. The summed E-state index contributed by atoms with van der Waals surface area (Å²) >= 11 is 0. The van der Waals surface area contributed by atoms with Crippen molar-refractivity contribution >= 4 is 11.6 Å². The third-order valence-corrected chi connectivity index (χ3v) is 3.06. The molecule has 6 heteroatoms. The molecule has 0 aliphatic heterocycles. The summed E-state index contributed by atoms with van der Waals surface area (Å²) in [6, 6.07) is 9.60. The second kappa shape index (κ2) is 6.71. The molecule has 22 heavy (non-hydrogen) atoms. The van der Waals surface area contributed by atoms with E-state index in [4.69, 9.17) is 4.42 Å². The third kappa shape index (κ3) is 3.82. The van der Waals surface area contributed by atoms with Gasteiger partial charge in [-0.15, -0.1) is 0 Å². The Labute approximate surface area is 128 Å². The van der Waals surface area contributed by atoms with Crippen LogP contribution in [0, 0.1) is 6.92 Å². The molecule has 0 aromatic carbocycles. The lowest BCUT2D eigenvalue weighted by Gasteiger charge is -2.09. The van der Waals surface area contributed by atoms with Gasteiger partial charge in [-0.2, -0.15) is 0 Å². The Hall–Kier alpha value is -2.89. The fourth-order valence-corrected chi connectivity index (χ4v) is 2.03. The summed E-state index contributed by atoms with van der Waals surface area (Å²) in [5, 5.41) is 6.51. The van der Waals surface area contributed by atoms with Crippen molar-refractivity contribution in [1.29, 1.82) is 0 Å². The Kier molecular flexibility index (Phi) is 4.29. The molecular formula is C16H17N5O. The van der Waals surface area contributed by atoms with Gasteiger partial charge in [0.25, 0.3) is 0 Å². The van der Waals surface area contributed by atoms with E-state index in [0.717, 1.165) is 23.0 Å². The molecule has 0 amide bonds. The maximum atomic E-state index is 5.29. The molecule has 0 fully saturated rings. The summed E-state index contributed by atoms with van der Waals surface area (Å²) in [5.41, 5.74) is 1.10. The monoisotopic (exact) mass is 295 g/mol. The summed E-state index contributed by atoms with van der Waals surface area (Å²) in [7, 11) is 0. The molecule has 0 unspecified atom stereocenters. The lowest BCUT2D eigenvalue weighted by Crippen LogP contribution is -2.07. The molecule has 0 saturated carbocycles. The largest absolute Gasteiger partial charge is 0.467 e. The number of aryl methyl sites for hydroxylation is 1. The van der Waals surface area contributed by atoms with E-state index in [0.29, 0.717) is 18.9 Å². The van der Waals surface area contributed by atoms with Gasteiger partial charge in [-0.3, -0.25) is 4.98 Å². The highest BCUT2D eigenvalue weighted by Gasteiger charge is 2.03. The van der Waals surface area contributed by atoms with Crippen LogP contribution in [-0.4, -0.2) is 15.0 Å². The second-order valence-electron chi connectivity index (χ2n) is 4.83. The number of hydrogen-bond donors (Lipinski definition) is 2. The van der Waals surface area contributed by atoms with Gasteiger partial charge in [0, 0.05) is 25.0 Å². The van der Waals surface area contributed by atoms with Crippen molar-refractivity contribution in [2.24, 2.45) is 0 Å². The molecule has 0 bridgehead atoms. The molecule has 3 rings (SSSR count). The molecule has 3 aromatic rings. The average Bonchev–Trinajstić information content (AvgIpc) is 3.05. The molecule has 3 heterocycles. The lowest BCUT2D eigenvalue weighted by molar-refractivity contribution is 0.518. The van der Waals surface area contributed by atoms with Crippen LogP contribution in [0.1, 0.15) is 17.1 Å². The van der Waals surface area contributed by atoms with Crippen LogP contribution >= 0.6 is 0 Å². The standard InChI is InChI=1S/C16H17N5O/c1-12-20-15(18-10-13-4-2-6-17-9-13)8-16(21-12)19-11-14-5-3-7-22-14/h2-9H,10-11H2,1H3,(H2,18,19,20,21). The molecule has 2 N–H and O–H groups in total. The van der Waals surface area contributed by atoms with Crippen LogP contribution in [0.15, 0.2) is 53.4 Å². The number of nitrogens with one attached hydrogen (secondary N) is 2. The van der Waals surface area contributed by atoms with Gasteiger partial charge >= 0.3 is 0 Å². The quantitative estimate of drug-likeness (QED) is 0.728. The van der Waals surface area contributed by atoms with E-state index in [-0.39, 0.29) is 0 Å². The third-order valence-electron chi connectivity index (χ3n) is 3.06. The SMILES string of the molecule is Cc1nc(NCc2cccnc2)cc(NCc2ccco2)n1. The molecule has 0 aliphatic rings. The smallest absolute Gasteiger partial charge is 0.132 e. The molecule has 0 saturated heterocycles. The van der Waals surface area contributed by atoms with Crippen molar-refractivity contribution in [2.75, 3.05) is 10.6 Å². The zero-order chi connectivity index (χ0) is 15.2. The van der Waals surface area contributed by atoms with Crippen molar-refractivity contribution in [1.82, 2.24) is 15.0 Å². The van der Waals surface area contributed by atoms with Crippen molar-refractivity contribution < 1.29 is 4.42 Å². The van der Waals surface area contributed by atoms with Crippen molar-refractivity contribution in [3.63, 3.8) is 0 Å². The van der Waals surface area contributed by atoms with E-state index in [2.05, 4.69) is 25.6 Å². The zero-order valence-electron chi connectivity index (χ0n) is 12.3. The molecule has 0 radical (unpaired) electrons. The Morgan fingerprint density at radius 2 is 1.86 bits per heavy atom. The molecule has 0 atom stereocenters. The first-order valence-electron chi connectivity index (χ1n) is 7.04. The highest BCUT2D eigenvalue weighted by Crippen LogP contribution is 2.13. The molecule has 0 spiro atoms. The lowest BCUT2D eigenvalue weighted by atomic mass is 10.3. The summed E-state index contributed by atoms with van der Waals surface area (Å²) < 4.78 is 5.29. The summed E-state index contributed by atoms with van der Waals surface area (Å²) in [4.78, 5) is 12.9. The first-order chi connectivity index (χ1) is 10.8. The summed E-state index contributed by atoms with van der Waals surface area (Å²) in [6.07, 6.45) is 5.25. The van der Waals surface area contributed by atoms with Crippen LogP contribution in [0.2, 0.25) is 0 Å². The van der Waals surface area contributed by atoms with Gasteiger partial charge in [0.05, 0.1) is 12.8 Å². The molecule has 0 aliphatic carbocycles. The number of aromatic nitrogens is 3. The van der Waals surface area contributed by atoms with Gasteiger partial charge in [0.15, 0.2) is 0 Å². The van der Waals surface area contributed by atoms with E-state index < -0.39 is 0 Å². The number of anilines is 2. The first-order valence-corrected chi connectivity index (χ1v) is 7.04. The molecule has 112 valence electrons. The van der Waals surface area contributed by atoms with Crippen LogP contribution < -0.4 is 10.6 Å². The predicted octanol–water partition coefficient (Wildman–Crippen LogP) is 3.00. The summed E-state index contributed by atoms with van der Waals surface area (Å²) in [5.74, 6) is 3.11. The number of nitrogens with zero attached hydrogens (tertiary/aromatic N) is 3. The highest BCUT2D eigenvalue weighted by atomic mass is 16.3. The molecular weight excluding hydrogens is 278 g/mol. The van der Waals surface area contributed by atoms with Crippen LogP contribution in [-0.2, 0) is 13.1 Å². The number of pyridine rings is 1. The fraction of sp³-hybridized carbons (Fsp3) is 0.188. The Morgan fingerprint density at radius 1 is 1.05 bits per heavy atom. The topological polar surface area (TPSA) is 75.9 Å². The molecule has 3 aromatic heterocycles. The van der Waals surface area contributed by atoms with E-state index in [1.165, 1.54) is 0 Å².